The summed E-state index contributed by atoms with van der Waals surface area (Å²) in [6.07, 6.45) is 0.868. The molecule has 8 heteroatoms. The van der Waals surface area contributed by atoms with Gasteiger partial charge in [-0.05, 0) is 66.7 Å². The lowest BCUT2D eigenvalue weighted by Crippen LogP contribution is -2.20. The second kappa shape index (κ2) is 7.39. The number of nitrogens with two attached hydrogens (primary N) is 1. The van der Waals surface area contributed by atoms with Crippen molar-refractivity contribution in [1.29, 1.82) is 0 Å². The first kappa shape index (κ1) is 17.9. The van der Waals surface area contributed by atoms with E-state index in [0.29, 0.717) is 10.8 Å². The number of aryl methyl sites for hydroxylation is 1. The summed E-state index contributed by atoms with van der Waals surface area (Å²) in [5.41, 5.74) is 2.73. The highest BCUT2D eigenvalue weighted by molar-refractivity contribution is 9.10. The van der Waals surface area contributed by atoms with E-state index in [2.05, 4.69) is 33.5 Å². The van der Waals surface area contributed by atoms with E-state index in [4.69, 9.17) is 17.4 Å². The van der Waals surface area contributed by atoms with Crippen LogP contribution in [-0.4, -0.2) is 13.5 Å². The van der Waals surface area contributed by atoms with Crippen LogP contribution >= 0.6 is 28.1 Å². The highest BCUT2D eigenvalue weighted by Crippen LogP contribution is 2.22. The molecule has 0 bridgehead atoms. The second-order valence-electron chi connectivity index (χ2n) is 4.80. The van der Waals surface area contributed by atoms with Gasteiger partial charge in [0.15, 0.2) is 5.11 Å². The summed E-state index contributed by atoms with van der Waals surface area (Å²) in [6.45, 7) is 2.06. The van der Waals surface area contributed by atoms with Crippen molar-refractivity contribution < 1.29 is 8.42 Å². The minimum Gasteiger partial charge on any atom is -0.332 e. The van der Waals surface area contributed by atoms with Gasteiger partial charge in [-0.25, -0.2) is 13.6 Å². The van der Waals surface area contributed by atoms with Gasteiger partial charge in [0, 0.05) is 15.8 Å². The summed E-state index contributed by atoms with van der Waals surface area (Å²) >= 11 is 8.73. The van der Waals surface area contributed by atoms with Crippen LogP contribution in [0, 0.1) is 0 Å². The molecule has 0 saturated heterocycles. The maximum Gasteiger partial charge on any atom is 0.238 e. The maximum absolute atomic E-state index is 11.2. The average Bonchev–Trinajstić information content (AvgIpc) is 2.48. The molecule has 0 heterocycles. The zero-order chi connectivity index (χ0) is 17.0. The third-order valence-corrected chi connectivity index (χ3v) is 4.76. The summed E-state index contributed by atoms with van der Waals surface area (Å²) in [5.74, 6) is 0. The molecule has 0 unspecified atom stereocenters. The molecule has 0 aliphatic carbocycles. The molecule has 0 aromatic heterocycles. The quantitative estimate of drug-likeness (QED) is 0.668. The molecule has 0 radical (unpaired) electrons. The standard InChI is InChI=1S/C15H16BrN3O2S2/c1-2-10-9-11(16)3-8-14(10)19-15(22)18-12-4-6-13(7-5-12)23(17,20)21/h3-9H,2H2,1H3,(H2,17,20,21)(H2,18,19,22). The van der Waals surface area contributed by atoms with E-state index in [1.54, 1.807) is 12.1 Å². The number of primary sulfonamides is 1. The van der Waals surface area contributed by atoms with E-state index >= 15 is 0 Å². The Kier molecular flexibility index (Phi) is 5.74. The van der Waals surface area contributed by atoms with E-state index in [9.17, 15) is 8.42 Å². The Labute approximate surface area is 149 Å². The third-order valence-electron chi connectivity index (χ3n) is 3.14. The summed E-state index contributed by atoms with van der Waals surface area (Å²) in [4.78, 5) is 0.0584. The van der Waals surface area contributed by atoms with Crippen molar-refractivity contribution in [3.8, 4) is 0 Å². The van der Waals surface area contributed by atoms with Gasteiger partial charge in [-0.15, -0.1) is 0 Å². The van der Waals surface area contributed by atoms with Crippen LogP contribution in [0.1, 0.15) is 12.5 Å². The fourth-order valence-corrected chi connectivity index (χ4v) is 3.14. The van der Waals surface area contributed by atoms with Crippen molar-refractivity contribution in [3.63, 3.8) is 0 Å². The lowest BCUT2D eigenvalue weighted by molar-refractivity contribution is 0.598. The van der Waals surface area contributed by atoms with Crippen LogP contribution in [0.3, 0.4) is 0 Å². The molecule has 2 aromatic carbocycles. The van der Waals surface area contributed by atoms with Crippen LogP contribution in [0.2, 0.25) is 0 Å². The summed E-state index contributed by atoms with van der Waals surface area (Å²) in [6, 6.07) is 12.0. The number of hydrogen-bond donors (Lipinski definition) is 3. The van der Waals surface area contributed by atoms with Crippen molar-refractivity contribution in [2.24, 2.45) is 5.14 Å². The predicted octanol–water partition coefficient (Wildman–Crippen LogP) is 3.47. The van der Waals surface area contributed by atoms with Gasteiger partial charge in [0.2, 0.25) is 10.0 Å². The topological polar surface area (TPSA) is 84.2 Å². The van der Waals surface area contributed by atoms with Gasteiger partial charge in [0.1, 0.15) is 0 Å². The van der Waals surface area contributed by atoms with Crippen molar-refractivity contribution in [2.75, 3.05) is 10.6 Å². The number of hydrogen-bond acceptors (Lipinski definition) is 3. The van der Waals surface area contributed by atoms with Gasteiger partial charge in [0.05, 0.1) is 4.90 Å². The molecule has 4 N–H and O–H groups in total. The molecule has 0 aliphatic rings. The zero-order valence-electron chi connectivity index (χ0n) is 12.3. The van der Waals surface area contributed by atoms with Crippen LogP contribution in [0.15, 0.2) is 51.8 Å². The Morgan fingerprint density at radius 3 is 2.39 bits per heavy atom. The SMILES string of the molecule is CCc1cc(Br)ccc1NC(=S)Nc1ccc(S(N)(=O)=O)cc1. The van der Waals surface area contributed by atoms with Crippen LogP contribution in [-0.2, 0) is 16.4 Å². The molecule has 0 saturated carbocycles. The van der Waals surface area contributed by atoms with Gasteiger partial charge >= 0.3 is 0 Å². The van der Waals surface area contributed by atoms with Crippen molar-refractivity contribution in [3.05, 3.63) is 52.5 Å². The molecule has 0 aliphatic heterocycles. The highest BCUT2D eigenvalue weighted by Gasteiger charge is 2.08. The molecule has 2 rings (SSSR count). The Morgan fingerprint density at radius 2 is 1.83 bits per heavy atom. The molecule has 0 atom stereocenters. The van der Waals surface area contributed by atoms with Gasteiger partial charge in [0.25, 0.3) is 0 Å². The number of anilines is 2. The number of nitrogens with one attached hydrogen (secondary N) is 2. The summed E-state index contributed by atoms with van der Waals surface area (Å²) in [7, 11) is -3.69. The number of benzene rings is 2. The third kappa shape index (κ3) is 5.00. The lowest BCUT2D eigenvalue weighted by Gasteiger charge is -2.14. The van der Waals surface area contributed by atoms with Gasteiger partial charge in [-0.3, -0.25) is 0 Å². The van der Waals surface area contributed by atoms with E-state index < -0.39 is 10.0 Å². The number of thiocarbonyl (C=S) groups is 1. The molecule has 0 fully saturated rings. The fraction of sp³-hybridized carbons (Fsp3) is 0.133. The first-order chi connectivity index (χ1) is 10.8. The normalized spacial score (nSPS) is 11.1. The van der Waals surface area contributed by atoms with Crippen LogP contribution in [0.4, 0.5) is 11.4 Å². The Balaban J connectivity index is 2.08. The number of sulfonamides is 1. The molecular formula is C15H16BrN3O2S2. The maximum atomic E-state index is 11.2. The lowest BCUT2D eigenvalue weighted by atomic mass is 10.1. The van der Waals surface area contributed by atoms with E-state index in [0.717, 1.165) is 22.1 Å². The van der Waals surface area contributed by atoms with E-state index in [1.165, 1.54) is 12.1 Å². The second-order valence-corrected chi connectivity index (χ2v) is 7.69. The fourth-order valence-electron chi connectivity index (χ4n) is 1.99. The largest absolute Gasteiger partial charge is 0.332 e. The molecule has 122 valence electrons. The summed E-state index contributed by atoms with van der Waals surface area (Å²) < 4.78 is 23.5. The first-order valence-corrected chi connectivity index (χ1v) is 9.53. The molecule has 0 amide bonds. The molecule has 5 nitrogen and oxygen atoms in total. The van der Waals surface area contributed by atoms with Crippen molar-refractivity contribution in [2.45, 2.75) is 18.2 Å². The molecule has 2 aromatic rings. The van der Waals surface area contributed by atoms with Crippen molar-refractivity contribution in [1.82, 2.24) is 0 Å². The van der Waals surface area contributed by atoms with Crippen LogP contribution < -0.4 is 15.8 Å². The highest BCUT2D eigenvalue weighted by atomic mass is 79.9. The van der Waals surface area contributed by atoms with Crippen LogP contribution in [0.25, 0.3) is 0 Å². The van der Waals surface area contributed by atoms with Gasteiger partial charge in [-0.1, -0.05) is 22.9 Å². The Bertz CT molecular complexity index is 821. The van der Waals surface area contributed by atoms with Gasteiger partial charge < -0.3 is 10.6 Å². The predicted molar refractivity (Wildman–Crippen MR) is 101 cm³/mol. The average molecular weight is 414 g/mol. The Morgan fingerprint density at radius 1 is 1.17 bits per heavy atom. The molecule has 23 heavy (non-hydrogen) atoms. The number of halogens is 1. The van der Waals surface area contributed by atoms with Crippen molar-refractivity contribution >= 4 is 54.7 Å². The minimum atomic E-state index is -3.69. The Hall–Kier alpha value is -1.48. The minimum absolute atomic E-state index is 0.0584. The van der Waals surface area contributed by atoms with E-state index in [1.807, 2.05) is 18.2 Å². The molecule has 0 spiro atoms. The monoisotopic (exact) mass is 413 g/mol. The van der Waals surface area contributed by atoms with Crippen LogP contribution in [0.5, 0.6) is 0 Å². The van der Waals surface area contributed by atoms with E-state index in [-0.39, 0.29) is 4.90 Å². The zero-order valence-corrected chi connectivity index (χ0v) is 15.6. The summed E-state index contributed by atoms with van der Waals surface area (Å²) in [5, 5.41) is 11.6. The first-order valence-electron chi connectivity index (χ1n) is 6.79. The molecular weight excluding hydrogens is 398 g/mol. The number of rotatable bonds is 4. The van der Waals surface area contributed by atoms with Gasteiger partial charge in [-0.2, -0.15) is 0 Å². The smallest absolute Gasteiger partial charge is 0.238 e.